The van der Waals surface area contributed by atoms with Crippen LogP contribution in [0.5, 0.6) is 11.5 Å². The highest BCUT2D eigenvalue weighted by Crippen LogP contribution is 2.36. The van der Waals surface area contributed by atoms with Gasteiger partial charge in [-0.25, -0.2) is 8.42 Å². The number of amides is 2. The predicted molar refractivity (Wildman–Crippen MR) is 165 cm³/mol. The highest BCUT2D eigenvalue weighted by molar-refractivity contribution is 7.92. The lowest BCUT2D eigenvalue weighted by atomic mass is 10.1. The van der Waals surface area contributed by atoms with E-state index in [1.807, 2.05) is 13.8 Å². The fourth-order valence-corrected chi connectivity index (χ4v) is 5.79. The van der Waals surface area contributed by atoms with Gasteiger partial charge in [0.25, 0.3) is 10.0 Å². The van der Waals surface area contributed by atoms with E-state index < -0.39 is 28.5 Å². The highest BCUT2D eigenvalue weighted by atomic mass is 35.5. The van der Waals surface area contributed by atoms with Gasteiger partial charge in [0, 0.05) is 24.2 Å². The van der Waals surface area contributed by atoms with Gasteiger partial charge in [-0.3, -0.25) is 13.9 Å². The Balaban J connectivity index is 2.09. The van der Waals surface area contributed by atoms with E-state index in [4.69, 9.17) is 21.1 Å². The van der Waals surface area contributed by atoms with Crippen molar-refractivity contribution in [3.8, 4) is 11.5 Å². The topological polar surface area (TPSA) is 105 Å². The molecule has 42 heavy (non-hydrogen) atoms. The number of hydrogen-bond donors (Lipinski definition) is 1. The van der Waals surface area contributed by atoms with Crippen LogP contribution in [-0.2, 0) is 26.2 Å². The molecular weight excluding hydrogens is 578 g/mol. The zero-order valence-corrected chi connectivity index (χ0v) is 26.2. The van der Waals surface area contributed by atoms with Gasteiger partial charge in [-0.1, -0.05) is 54.8 Å². The van der Waals surface area contributed by atoms with Gasteiger partial charge in [0.2, 0.25) is 11.8 Å². The lowest BCUT2D eigenvalue weighted by Gasteiger charge is -2.32. The van der Waals surface area contributed by atoms with Crippen molar-refractivity contribution in [1.82, 2.24) is 10.2 Å². The number of nitrogens with one attached hydrogen (secondary N) is 1. The molecule has 1 atom stereocenters. The molecule has 2 amide bonds. The summed E-state index contributed by atoms with van der Waals surface area (Å²) >= 11 is 6.06. The number of benzene rings is 3. The minimum Gasteiger partial charge on any atom is -0.497 e. The van der Waals surface area contributed by atoms with E-state index in [0.717, 1.165) is 28.3 Å². The molecule has 0 aliphatic heterocycles. The van der Waals surface area contributed by atoms with Gasteiger partial charge < -0.3 is 19.7 Å². The van der Waals surface area contributed by atoms with E-state index in [-0.39, 0.29) is 28.8 Å². The maximum Gasteiger partial charge on any atom is 0.264 e. The highest BCUT2D eigenvalue weighted by Gasteiger charge is 2.34. The van der Waals surface area contributed by atoms with E-state index >= 15 is 0 Å². The van der Waals surface area contributed by atoms with Gasteiger partial charge in [0.15, 0.2) is 0 Å². The van der Waals surface area contributed by atoms with Crippen LogP contribution in [0.4, 0.5) is 5.69 Å². The molecule has 3 rings (SSSR count). The summed E-state index contributed by atoms with van der Waals surface area (Å²) < 4.78 is 40.1. The van der Waals surface area contributed by atoms with Crippen LogP contribution < -0.4 is 19.1 Å². The Kier molecular flexibility index (Phi) is 11.6. The number of ether oxygens (including phenoxy) is 2. The van der Waals surface area contributed by atoms with E-state index in [2.05, 4.69) is 5.32 Å². The van der Waals surface area contributed by atoms with Gasteiger partial charge in [-0.2, -0.15) is 0 Å². The zero-order chi connectivity index (χ0) is 30.9. The number of nitrogens with zero attached hydrogens (tertiary/aromatic N) is 2. The van der Waals surface area contributed by atoms with Crippen LogP contribution in [0.25, 0.3) is 0 Å². The Hall–Kier alpha value is -3.76. The van der Waals surface area contributed by atoms with Crippen LogP contribution in [0.2, 0.25) is 5.02 Å². The number of carbonyl (C=O) groups is 2. The van der Waals surface area contributed by atoms with Crippen molar-refractivity contribution in [3.05, 3.63) is 82.9 Å². The standard InChI is InChI=1S/C31H38ClN3O6S/c1-6-7-18-33-31(37)23(3)34(20-24-10-12-25(32)13-11-24)30(36)21-35(28-19-26(40-4)14-17-29(28)41-5)42(38,39)27-15-8-22(2)9-16-27/h8-17,19,23H,6-7,18,20-21H2,1-5H3,(H,33,37). The third-order valence-corrected chi connectivity index (χ3v) is 8.83. The normalized spacial score (nSPS) is 11.9. The number of rotatable bonds is 14. The first-order chi connectivity index (χ1) is 20.0. The number of sulfonamides is 1. The van der Waals surface area contributed by atoms with E-state index in [9.17, 15) is 18.0 Å². The summed E-state index contributed by atoms with van der Waals surface area (Å²) in [5, 5.41) is 3.40. The Morgan fingerprint density at radius 1 is 0.976 bits per heavy atom. The van der Waals surface area contributed by atoms with Gasteiger partial charge in [-0.15, -0.1) is 0 Å². The summed E-state index contributed by atoms with van der Waals surface area (Å²) in [5.41, 5.74) is 1.73. The maximum atomic E-state index is 14.1. The Morgan fingerprint density at radius 2 is 1.64 bits per heavy atom. The van der Waals surface area contributed by atoms with Crippen molar-refractivity contribution < 1.29 is 27.5 Å². The lowest BCUT2D eigenvalue weighted by molar-refractivity contribution is -0.139. The second kappa shape index (κ2) is 14.9. The molecule has 0 saturated carbocycles. The number of anilines is 1. The first kappa shape index (κ1) is 32.8. The summed E-state index contributed by atoms with van der Waals surface area (Å²) in [6, 6.07) is 17.1. The molecule has 9 nitrogen and oxygen atoms in total. The molecule has 0 fully saturated rings. The predicted octanol–water partition coefficient (Wildman–Crippen LogP) is 5.19. The molecule has 0 radical (unpaired) electrons. The first-order valence-corrected chi connectivity index (χ1v) is 15.5. The summed E-state index contributed by atoms with van der Waals surface area (Å²) in [6.45, 7) is 5.43. The smallest absolute Gasteiger partial charge is 0.264 e. The minimum atomic E-state index is -4.27. The molecule has 0 aliphatic carbocycles. The molecule has 1 unspecified atom stereocenters. The Labute approximate surface area is 253 Å². The third kappa shape index (κ3) is 8.17. The van der Waals surface area contributed by atoms with Crippen molar-refractivity contribution in [3.63, 3.8) is 0 Å². The number of methoxy groups -OCH3 is 2. The number of aryl methyl sites for hydroxylation is 1. The number of hydrogen-bond acceptors (Lipinski definition) is 6. The quantitative estimate of drug-likeness (QED) is 0.250. The van der Waals surface area contributed by atoms with Gasteiger partial charge >= 0.3 is 0 Å². The second-order valence-corrected chi connectivity index (χ2v) is 12.1. The average molecular weight is 616 g/mol. The molecule has 0 aliphatic rings. The molecule has 11 heteroatoms. The summed E-state index contributed by atoms with van der Waals surface area (Å²) in [4.78, 5) is 28.6. The van der Waals surface area contributed by atoms with Crippen LogP contribution >= 0.6 is 11.6 Å². The van der Waals surface area contributed by atoms with Crippen molar-refractivity contribution >= 4 is 39.1 Å². The third-order valence-electron chi connectivity index (χ3n) is 6.81. The molecule has 226 valence electrons. The van der Waals surface area contributed by atoms with Crippen LogP contribution in [0.15, 0.2) is 71.6 Å². The van der Waals surface area contributed by atoms with E-state index in [1.165, 1.54) is 37.3 Å². The fraction of sp³-hybridized carbons (Fsp3) is 0.355. The molecule has 0 bridgehead atoms. The van der Waals surface area contributed by atoms with Gasteiger partial charge in [0.1, 0.15) is 24.1 Å². The van der Waals surface area contributed by atoms with E-state index in [0.29, 0.717) is 17.3 Å². The SMILES string of the molecule is CCCCNC(=O)C(C)N(Cc1ccc(Cl)cc1)C(=O)CN(c1cc(OC)ccc1OC)S(=O)(=O)c1ccc(C)cc1. The van der Waals surface area contributed by atoms with Crippen LogP contribution in [-0.4, -0.2) is 58.5 Å². The Morgan fingerprint density at radius 3 is 2.24 bits per heavy atom. The monoisotopic (exact) mass is 615 g/mol. The summed E-state index contributed by atoms with van der Waals surface area (Å²) in [7, 11) is -1.39. The zero-order valence-electron chi connectivity index (χ0n) is 24.6. The van der Waals surface area contributed by atoms with Crippen molar-refractivity contribution in [2.75, 3.05) is 31.6 Å². The number of carbonyl (C=O) groups excluding carboxylic acids is 2. The van der Waals surface area contributed by atoms with Crippen LogP contribution in [0, 0.1) is 6.92 Å². The summed E-state index contributed by atoms with van der Waals surface area (Å²) in [5.74, 6) is -0.306. The van der Waals surface area contributed by atoms with Crippen LogP contribution in [0.3, 0.4) is 0 Å². The molecule has 0 heterocycles. The van der Waals surface area contributed by atoms with Gasteiger partial charge in [0.05, 0.1) is 24.8 Å². The summed E-state index contributed by atoms with van der Waals surface area (Å²) in [6.07, 6.45) is 1.69. The number of halogens is 1. The minimum absolute atomic E-state index is 0.000353. The molecule has 3 aromatic carbocycles. The fourth-order valence-electron chi connectivity index (χ4n) is 4.25. The molecule has 3 aromatic rings. The van der Waals surface area contributed by atoms with Crippen molar-refractivity contribution in [2.24, 2.45) is 0 Å². The van der Waals surface area contributed by atoms with Crippen LogP contribution in [0.1, 0.15) is 37.8 Å². The number of unbranched alkanes of at least 4 members (excludes halogenated alkanes) is 1. The first-order valence-electron chi connectivity index (χ1n) is 13.6. The molecule has 0 saturated heterocycles. The van der Waals surface area contributed by atoms with Crippen molar-refractivity contribution in [2.45, 2.75) is 51.1 Å². The molecule has 1 N–H and O–H groups in total. The lowest BCUT2D eigenvalue weighted by Crippen LogP contribution is -2.51. The van der Waals surface area contributed by atoms with E-state index in [1.54, 1.807) is 55.5 Å². The van der Waals surface area contributed by atoms with Crippen molar-refractivity contribution in [1.29, 1.82) is 0 Å². The maximum absolute atomic E-state index is 14.1. The second-order valence-electron chi connectivity index (χ2n) is 9.83. The molecule has 0 aromatic heterocycles. The van der Waals surface area contributed by atoms with Gasteiger partial charge in [-0.05, 0) is 62.2 Å². The largest absolute Gasteiger partial charge is 0.497 e. The molecule has 0 spiro atoms. The average Bonchev–Trinajstić information content (AvgIpc) is 2.99. The Bertz CT molecular complexity index is 1460. The molecular formula is C31H38ClN3O6S.